The van der Waals surface area contributed by atoms with Crippen molar-refractivity contribution in [3.8, 4) is 0 Å². The minimum atomic E-state index is -0.0871. The Morgan fingerprint density at radius 1 is 0.962 bits per heavy atom. The van der Waals surface area contributed by atoms with Crippen LogP contribution >= 0.6 is 0 Å². The quantitative estimate of drug-likeness (QED) is 0.305. The standard InChI is InChI=1S/C24H36O2/c1-20-10-11-21(8-4-3-6-12-23(2)14-15-23)18-22(20)9-5-7-13-24(16-17-24)26-19-25/h10-11,18-19H,3-9,12-17H2,1-2H3. The van der Waals surface area contributed by atoms with Gasteiger partial charge in [0.25, 0.3) is 6.47 Å². The molecule has 0 bridgehead atoms. The van der Waals surface area contributed by atoms with E-state index in [4.69, 9.17) is 4.74 Å². The Kier molecular flexibility index (Phi) is 6.42. The van der Waals surface area contributed by atoms with Crippen molar-refractivity contribution in [1.82, 2.24) is 0 Å². The molecule has 1 aromatic carbocycles. The monoisotopic (exact) mass is 356 g/mol. The molecule has 2 aliphatic carbocycles. The van der Waals surface area contributed by atoms with Crippen LogP contribution in [-0.2, 0) is 22.4 Å². The highest BCUT2D eigenvalue weighted by Crippen LogP contribution is 2.49. The first-order valence-corrected chi connectivity index (χ1v) is 10.7. The van der Waals surface area contributed by atoms with E-state index in [1.807, 2.05) is 0 Å². The molecule has 2 aliphatic rings. The minimum Gasteiger partial charge on any atom is -0.461 e. The lowest BCUT2D eigenvalue weighted by atomic mass is 9.95. The lowest BCUT2D eigenvalue weighted by molar-refractivity contribution is -0.135. The summed E-state index contributed by atoms with van der Waals surface area (Å²) in [4.78, 5) is 10.6. The van der Waals surface area contributed by atoms with Crippen LogP contribution in [0.3, 0.4) is 0 Å². The number of ether oxygens (including phenoxy) is 1. The van der Waals surface area contributed by atoms with Crippen molar-refractivity contribution in [1.29, 1.82) is 0 Å². The SMILES string of the molecule is Cc1ccc(CCCCCC2(C)CC2)cc1CCCCC1(OC=O)CC1. The molecule has 0 unspecified atom stereocenters. The highest BCUT2D eigenvalue weighted by Gasteiger charge is 2.44. The third kappa shape index (κ3) is 5.86. The van der Waals surface area contributed by atoms with E-state index in [1.165, 1.54) is 68.1 Å². The van der Waals surface area contributed by atoms with Gasteiger partial charge in [-0.15, -0.1) is 0 Å². The third-order valence-electron chi connectivity index (χ3n) is 6.70. The van der Waals surface area contributed by atoms with Crippen LogP contribution in [0.25, 0.3) is 0 Å². The zero-order valence-electron chi connectivity index (χ0n) is 16.8. The molecule has 0 heterocycles. The fourth-order valence-electron chi connectivity index (χ4n) is 4.10. The van der Waals surface area contributed by atoms with Crippen molar-refractivity contribution in [2.75, 3.05) is 0 Å². The lowest BCUT2D eigenvalue weighted by Gasteiger charge is -2.13. The van der Waals surface area contributed by atoms with E-state index in [1.54, 1.807) is 0 Å². The van der Waals surface area contributed by atoms with Gasteiger partial charge in [0.1, 0.15) is 5.60 Å². The second-order valence-electron chi connectivity index (χ2n) is 9.24. The average molecular weight is 357 g/mol. The number of benzene rings is 1. The average Bonchev–Trinajstić information content (AvgIpc) is 3.54. The molecule has 3 rings (SSSR count). The Morgan fingerprint density at radius 3 is 2.38 bits per heavy atom. The zero-order valence-corrected chi connectivity index (χ0v) is 16.8. The number of hydrogen-bond donors (Lipinski definition) is 0. The molecule has 2 saturated carbocycles. The zero-order chi connectivity index (χ0) is 18.5. The van der Waals surface area contributed by atoms with Gasteiger partial charge in [0.2, 0.25) is 0 Å². The molecule has 2 heteroatoms. The van der Waals surface area contributed by atoms with E-state index in [2.05, 4.69) is 32.0 Å². The number of carbonyl (C=O) groups excluding carboxylic acids is 1. The molecule has 0 N–H and O–H groups in total. The third-order valence-corrected chi connectivity index (χ3v) is 6.70. The van der Waals surface area contributed by atoms with Gasteiger partial charge >= 0.3 is 0 Å². The predicted molar refractivity (Wildman–Crippen MR) is 107 cm³/mol. The maximum atomic E-state index is 10.6. The van der Waals surface area contributed by atoms with Gasteiger partial charge in [-0.3, -0.25) is 4.79 Å². The first kappa shape index (κ1) is 19.5. The van der Waals surface area contributed by atoms with Gasteiger partial charge in [-0.05, 0) is 99.7 Å². The summed E-state index contributed by atoms with van der Waals surface area (Å²) in [5.74, 6) is 0. The molecule has 0 radical (unpaired) electrons. The fraction of sp³-hybridized carbons (Fsp3) is 0.708. The fourth-order valence-corrected chi connectivity index (χ4v) is 4.10. The van der Waals surface area contributed by atoms with E-state index in [9.17, 15) is 4.79 Å². The van der Waals surface area contributed by atoms with Crippen molar-refractivity contribution in [3.63, 3.8) is 0 Å². The highest BCUT2D eigenvalue weighted by molar-refractivity contribution is 5.39. The van der Waals surface area contributed by atoms with Crippen LogP contribution in [0, 0.1) is 12.3 Å². The lowest BCUT2D eigenvalue weighted by Crippen LogP contribution is -2.12. The number of rotatable bonds is 13. The van der Waals surface area contributed by atoms with Gasteiger partial charge in [0, 0.05) is 0 Å². The first-order chi connectivity index (χ1) is 12.5. The molecule has 0 amide bonds. The van der Waals surface area contributed by atoms with Crippen molar-refractivity contribution >= 4 is 6.47 Å². The van der Waals surface area contributed by atoms with Crippen LogP contribution < -0.4 is 0 Å². The van der Waals surface area contributed by atoms with E-state index in [0.29, 0.717) is 11.9 Å². The molecule has 0 aromatic heterocycles. The molecular weight excluding hydrogens is 320 g/mol. The van der Waals surface area contributed by atoms with E-state index < -0.39 is 0 Å². The van der Waals surface area contributed by atoms with Gasteiger partial charge < -0.3 is 4.74 Å². The summed E-state index contributed by atoms with van der Waals surface area (Å²) in [5.41, 5.74) is 5.06. The predicted octanol–water partition coefficient (Wildman–Crippen LogP) is 6.32. The molecule has 1 aromatic rings. The van der Waals surface area contributed by atoms with Crippen molar-refractivity contribution in [2.24, 2.45) is 5.41 Å². The minimum absolute atomic E-state index is 0.0871. The Hall–Kier alpha value is -1.31. The van der Waals surface area contributed by atoms with Crippen LogP contribution in [0.2, 0.25) is 0 Å². The van der Waals surface area contributed by atoms with Crippen LogP contribution in [0.4, 0.5) is 0 Å². The summed E-state index contributed by atoms with van der Waals surface area (Å²) in [6.45, 7) is 5.30. The summed E-state index contributed by atoms with van der Waals surface area (Å²) in [5, 5.41) is 0. The molecule has 0 saturated heterocycles. The Morgan fingerprint density at radius 2 is 1.69 bits per heavy atom. The number of unbranched alkanes of at least 4 members (excludes halogenated alkanes) is 3. The van der Waals surface area contributed by atoms with Crippen molar-refractivity contribution < 1.29 is 9.53 Å². The second-order valence-corrected chi connectivity index (χ2v) is 9.24. The van der Waals surface area contributed by atoms with Crippen LogP contribution in [-0.4, -0.2) is 12.1 Å². The molecule has 0 aliphatic heterocycles. The molecule has 0 atom stereocenters. The van der Waals surface area contributed by atoms with Gasteiger partial charge in [0.05, 0.1) is 0 Å². The topological polar surface area (TPSA) is 26.3 Å². The summed E-state index contributed by atoms with van der Waals surface area (Å²) < 4.78 is 5.24. The maximum absolute atomic E-state index is 10.6. The summed E-state index contributed by atoms with van der Waals surface area (Å²) in [6.07, 6.45) is 16.3. The van der Waals surface area contributed by atoms with Crippen LogP contribution in [0.15, 0.2) is 18.2 Å². The Balaban J connectivity index is 1.35. The molecule has 144 valence electrons. The van der Waals surface area contributed by atoms with Crippen molar-refractivity contribution in [2.45, 2.75) is 103 Å². The number of hydrogen-bond acceptors (Lipinski definition) is 2. The molecule has 0 spiro atoms. The Labute approximate surface area is 159 Å². The first-order valence-electron chi connectivity index (χ1n) is 10.7. The summed E-state index contributed by atoms with van der Waals surface area (Å²) >= 11 is 0. The second kappa shape index (κ2) is 8.59. The van der Waals surface area contributed by atoms with Gasteiger partial charge in [-0.1, -0.05) is 38.0 Å². The van der Waals surface area contributed by atoms with Crippen molar-refractivity contribution in [3.05, 3.63) is 34.9 Å². The molecule has 2 nitrogen and oxygen atoms in total. The summed E-state index contributed by atoms with van der Waals surface area (Å²) in [7, 11) is 0. The van der Waals surface area contributed by atoms with Crippen LogP contribution in [0.5, 0.6) is 0 Å². The number of aryl methyl sites for hydroxylation is 3. The normalized spacial score (nSPS) is 19.2. The molecule has 26 heavy (non-hydrogen) atoms. The van der Waals surface area contributed by atoms with E-state index in [0.717, 1.165) is 32.1 Å². The highest BCUT2D eigenvalue weighted by atomic mass is 16.5. The maximum Gasteiger partial charge on any atom is 0.293 e. The van der Waals surface area contributed by atoms with Gasteiger partial charge in [-0.2, -0.15) is 0 Å². The molecular formula is C24H36O2. The van der Waals surface area contributed by atoms with Gasteiger partial charge in [0.15, 0.2) is 0 Å². The Bertz CT molecular complexity index is 596. The van der Waals surface area contributed by atoms with Crippen LogP contribution in [0.1, 0.15) is 94.2 Å². The molecule has 2 fully saturated rings. The van der Waals surface area contributed by atoms with E-state index in [-0.39, 0.29) is 5.60 Å². The van der Waals surface area contributed by atoms with E-state index >= 15 is 0 Å². The largest absolute Gasteiger partial charge is 0.461 e. The smallest absolute Gasteiger partial charge is 0.293 e. The van der Waals surface area contributed by atoms with Gasteiger partial charge in [-0.25, -0.2) is 0 Å². The number of carbonyl (C=O) groups is 1. The summed E-state index contributed by atoms with van der Waals surface area (Å²) in [6, 6.07) is 7.05.